The molecule has 9 heteroatoms. The highest BCUT2D eigenvalue weighted by Crippen LogP contribution is 2.27. The van der Waals surface area contributed by atoms with Gasteiger partial charge in [0.1, 0.15) is 5.82 Å². The Kier molecular flexibility index (Phi) is 4.67. The quantitative estimate of drug-likeness (QED) is 0.640. The number of amides is 1. The zero-order chi connectivity index (χ0) is 19.0. The molecule has 1 saturated heterocycles. The fourth-order valence-corrected chi connectivity index (χ4v) is 3.34. The Labute approximate surface area is 161 Å². The number of rotatable bonds is 3. The summed E-state index contributed by atoms with van der Waals surface area (Å²) in [4.78, 5) is 23.8. The standard InChI is InChI=1S/C18H20ClN7O/c1-10-7-15(25-24-10)22-16-13-8-12(19)3-4-14(13)21-17(23-16)18(27)26-6-5-20-9-11(26)2/h3-4,7-8,11,20H,5-6,9H2,1-2H3,(H2,21,22,23,24,25)/t11-/m1/s1. The molecule has 0 spiro atoms. The highest BCUT2D eigenvalue weighted by molar-refractivity contribution is 6.31. The molecule has 2 aromatic heterocycles. The minimum absolute atomic E-state index is 0.0844. The second-order valence-electron chi connectivity index (χ2n) is 6.67. The van der Waals surface area contributed by atoms with Gasteiger partial charge >= 0.3 is 0 Å². The molecule has 1 atom stereocenters. The topological polar surface area (TPSA) is 98.8 Å². The zero-order valence-corrected chi connectivity index (χ0v) is 15.8. The minimum atomic E-state index is -0.179. The van der Waals surface area contributed by atoms with Crippen molar-refractivity contribution in [3.8, 4) is 0 Å². The summed E-state index contributed by atoms with van der Waals surface area (Å²) >= 11 is 6.15. The molecular weight excluding hydrogens is 366 g/mol. The molecular formula is C18H20ClN7O. The first-order chi connectivity index (χ1) is 13.0. The van der Waals surface area contributed by atoms with Gasteiger partial charge in [-0.05, 0) is 32.0 Å². The smallest absolute Gasteiger partial charge is 0.292 e. The van der Waals surface area contributed by atoms with E-state index in [-0.39, 0.29) is 17.8 Å². The van der Waals surface area contributed by atoms with Crippen molar-refractivity contribution in [2.75, 3.05) is 25.0 Å². The normalized spacial score (nSPS) is 17.3. The van der Waals surface area contributed by atoms with Crippen LogP contribution in [-0.2, 0) is 0 Å². The molecule has 1 fully saturated rings. The predicted octanol–water partition coefficient (Wildman–Crippen LogP) is 2.49. The highest BCUT2D eigenvalue weighted by Gasteiger charge is 2.27. The van der Waals surface area contributed by atoms with Crippen molar-refractivity contribution in [2.45, 2.75) is 19.9 Å². The Hall–Kier alpha value is -2.71. The Balaban J connectivity index is 1.77. The van der Waals surface area contributed by atoms with E-state index in [2.05, 4.69) is 30.8 Å². The highest BCUT2D eigenvalue weighted by atomic mass is 35.5. The number of anilines is 2. The maximum absolute atomic E-state index is 13.0. The number of fused-ring (bicyclic) bond motifs is 1. The van der Waals surface area contributed by atoms with Crippen molar-refractivity contribution >= 4 is 40.0 Å². The summed E-state index contributed by atoms with van der Waals surface area (Å²) in [7, 11) is 0. The molecule has 140 valence electrons. The number of aromatic nitrogens is 4. The van der Waals surface area contributed by atoms with E-state index < -0.39 is 0 Å². The van der Waals surface area contributed by atoms with Crippen LogP contribution in [0.2, 0.25) is 5.02 Å². The van der Waals surface area contributed by atoms with E-state index in [0.29, 0.717) is 28.7 Å². The van der Waals surface area contributed by atoms with Gasteiger partial charge < -0.3 is 15.5 Å². The van der Waals surface area contributed by atoms with Crippen molar-refractivity contribution in [1.82, 2.24) is 30.4 Å². The number of nitrogens with zero attached hydrogens (tertiary/aromatic N) is 4. The third-order valence-electron chi connectivity index (χ3n) is 4.56. The number of aryl methyl sites for hydroxylation is 1. The molecule has 0 saturated carbocycles. The summed E-state index contributed by atoms with van der Waals surface area (Å²) < 4.78 is 0. The van der Waals surface area contributed by atoms with Crippen molar-refractivity contribution in [3.63, 3.8) is 0 Å². The lowest BCUT2D eigenvalue weighted by Crippen LogP contribution is -2.52. The molecule has 0 unspecified atom stereocenters. The van der Waals surface area contributed by atoms with Gasteiger partial charge in [0.25, 0.3) is 5.91 Å². The number of nitrogens with one attached hydrogen (secondary N) is 3. The van der Waals surface area contributed by atoms with Crippen LogP contribution in [0.15, 0.2) is 24.3 Å². The fourth-order valence-electron chi connectivity index (χ4n) is 3.17. The molecule has 1 aliphatic heterocycles. The Morgan fingerprint density at radius 2 is 2.19 bits per heavy atom. The summed E-state index contributed by atoms with van der Waals surface area (Å²) in [6, 6.07) is 7.26. The van der Waals surface area contributed by atoms with E-state index in [4.69, 9.17) is 11.6 Å². The molecule has 27 heavy (non-hydrogen) atoms. The second-order valence-corrected chi connectivity index (χ2v) is 7.11. The predicted molar refractivity (Wildman–Crippen MR) is 105 cm³/mol. The van der Waals surface area contributed by atoms with Crippen LogP contribution < -0.4 is 10.6 Å². The van der Waals surface area contributed by atoms with Crippen LogP contribution in [-0.4, -0.2) is 56.6 Å². The summed E-state index contributed by atoms with van der Waals surface area (Å²) in [6.45, 7) is 6.07. The van der Waals surface area contributed by atoms with E-state index in [1.807, 2.05) is 19.9 Å². The third-order valence-corrected chi connectivity index (χ3v) is 4.80. The van der Waals surface area contributed by atoms with Crippen LogP contribution in [0.1, 0.15) is 23.2 Å². The van der Waals surface area contributed by atoms with Gasteiger partial charge in [-0.25, -0.2) is 9.97 Å². The zero-order valence-electron chi connectivity index (χ0n) is 15.1. The first-order valence-corrected chi connectivity index (χ1v) is 9.17. The SMILES string of the molecule is Cc1cc(Nc2nc(C(=O)N3CCNC[C@H]3C)nc3ccc(Cl)cc23)n[nH]1. The average molecular weight is 386 g/mol. The van der Waals surface area contributed by atoms with E-state index in [0.717, 1.165) is 24.2 Å². The number of hydrogen-bond donors (Lipinski definition) is 3. The van der Waals surface area contributed by atoms with Gasteiger partial charge in [-0.1, -0.05) is 11.6 Å². The Morgan fingerprint density at radius 3 is 2.93 bits per heavy atom. The van der Waals surface area contributed by atoms with Gasteiger partial charge in [-0.3, -0.25) is 9.89 Å². The molecule has 0 radical (unpaired) electrons. The molecule has 0 bridgehead atoms. The lowest BCUT2D eigenvalue weighted by Gasteiger charge is -2.33. The van der Waals surface area contributed by atoms with E-state index >= 15 is 0 Å². The maximum atomic E-state index is 13.0. The van der Waals surface area contributed by atoms with E-state index in [9.17, 15) is 4.79 Å². The molecule has 1 aliphatic rings. The van der Waals surface area contributed by atoms with Crippen LogP contribution in [0.3, 0.4) is 0 Å². The van der Waals surface area contributed by atoms with Crippen molar-refractivity contribution in [1.29, 1.82) is 0 Å². The van der Waals surface area contributed by atoms with Crippen molar-refractivity contribution in [2.24, 2.45) is 0 Å². The van der Waals surface area contributed by atoms with Gasteiger partial charge in [-0.15, -0.1) is 0 Å². The first-order valence-electron chi connectivity index (χ1n) is 8.79. The summed E-state index contributed by atoms with van der Waals surface area (Å²) in [5.74, 6) is 1.09. The van der Waals surface area contributed by atoms with Gasteiger partial charge in [-0.2, -0.15) is 5.10 Å². The number of hydrogen-bond acceptors (Lipinski definition) is 6. The molecule has 4 rings (SSSR count). The lowest BCUT2D eigenvalue weighted by molar-refractivity contribution is 0.0643. The molecule has 1 amide bonds. The van der Waals surface area contributed by atoms with Crippen LogP contribution in [0.25, 0.3) is 10.9 Å². The molecule has 3 heterocycles. The van der Waals surface area contributed by atoms with Gasteiger partial charge in [0.05, 0.1) is 5.52 Å². The number of H-pyrrole nitrogens is 1. The molecule has 0 aliphatic carbocycles. The Bertz CT molecular complexity index is 1000. The van der Waals surface area contributed by atoms with Gasteiger partial charge in [0, 0.05) is 47.8 Å². The number of benzene rings is 1. The maximum Gasteiger partial charge on any atom is 0.292 e. The lowest BCUT2D eigenvalue weighted by atomic mass is 10.2. The van der Waals surface area contributed by atoms with Crippen LogP contribution in [0.5, 0.6) is 0 Å². The fraction of sp³-hybridized carbons (Fsp3) is 0.333. The summed E-state index contributed by atoms with van der Waals surface area (Å²) in [5, 5.41) is 14.8. The van der Waals surface area contributed by atoms with Crippen molar-refractivity contribution < 1.29 is 4.79 Å². The summed E-state index contributed by atoms with van der Waals surface area (Å²) in [6.07, 6.45) is 0. The molecule has 3 N–H and O–H groups in total. The first kappa shape index (κ1) is 17.7. The van der Waals surface area contributed by atoms with Crippen LogP contribution >= 0.6 is 11.6 Å². The van der Waals surface area contributed by atoms with Crippen molar-refractivity contribution in [3.05, 3.63) is 40.8 Å². The number of halogens is 1. The van der Waals surface area contributed by atoms with E-state index in [1.165, 1.54) is 0 Å². The second kappa shape index (κ2) is 7.13. The Morgan fingerprint density at radius 1 is 1.33 bits per heavy atom. The van der Waals surface area contributed by atoms with Crippen LogP contribution in [0.4, 0.5) is 11.6 Å². The average Bonchev–Trinajstić information content (AvgIpc) is 3.06. The number of carbonyl (C=O) groups is 1. The number of carbonyl (C=O) groups excluding carboxylic acids is 1. The largest absolute Gasteiger partial charge is 0.331 e. The molecule has 1 aromatic carbocycles. The molecule has 8 nitrogen and oxygen atoms in total. The van der Waals surface area contributed by atoms with Crippen LogP contribution in [0, 0.1) is 6.92 Å². The van der Waals surface area contributed by atoms with Gasteiger partial charge in [0.15, 0.2) is 5.82 Å². The third kappa shape index (κ3) is 3.58. The monoisotopic (exact) mass is 385 g/mol. The minimum Gasteiger partial charge on any atom is -0.331 e. The van der Waals surface area contributed by atoms with E-state index in [1.54, 1.807) is 23.1 Å². The number of aromatic amines is 1. The number of piperazine rings is 1. The summed E-state index contributed by atoms with van der Waals surface area (Å²) in [5.41, 5.74) is 1.56. The van der Waals surface area contributed by atoms with Gasteiger partial charge in [0.2, 0.25) is 5.82 Å². The molecule has 3 aromatic rings.